The number of carbonyl (C=O) groups is 3. The Morgan fingerprint density at radius 1 is 0.882 bits per heavy atom. The maximum Gasteiger partial charge on any atom is 0.407 e. The van der Waals surface area contributed by atoms with Crippen molar-refractivity contribution in [1.82, 2.24) is 5.32 Å². The first-order valence-corrected chi connectivity index (χ1v) is 10.8. The van der Waals surface area contributed by atoms with Gasteiger partial charge in [-0.25, -0.2) is 9.59 Å². The van der Waals surface area contributed by atoms with Gasteiger partial charge in [0.1, 0.15) is 13.2 Å². The number of hydrogen-bond donors (Lipinski definition) is 3. The lowest BCUT2D eigenvalue weighted by atomic mass is 9.98. The minimum Gasteiger partial charge on any atom is -0.478 e. The third-order valence-electron chi connectivity index (χ3n) is 5.49. The van der Waals surface area contributed by atoms with Crippen LogP contribution in [0.15, 0.2) is 72.8 Å². The summed E-state index contributed by atoms with van der Waals surface area (Å²) < 4.78 is 10.7. The lowest BCUT2D eigenvalue weighted by Crippen LogP contribution is -2.30. The van der Waals surface area contributed by atoms with Crippen molar-refractivity contribution >= 4 is 23.7 Å². The summed E-state index contributed by atoms with van der Waals surface area (Å²) in [7, 11) is 0. The highest BCUT2D eigenvalue weighted by Crippen LogP contribution is 2.44. The van der Waals surface area contributed by atoms with Gasteiger partial charge in [-0.2, -0.15) is 0 Å². The fourth-order valence-corrected chi connectivity index (χ4v) is 3.97. The van der Waals surface area contributed by atoms with Gasteiger partial charge in [0, 0.05) is 18.2 Å². The molecular formula is C26H24N2O6. The summed E-state index contributed by atoms with van der Waals surface area (Å²) in [6, 6.07) is 22.1. The van der Waals surface area contributed by atoms with E-state index in [1.807, 2.05) is 24.3 Å². The molecule has 2 amide bonds. The predicted octanol–water partition coefficient (Wildman–Crippen LogP) is 3.88. The number of nitrogens with one attached hydrogen (secondary N) is 2. The molecule has 0 unspecified atom stereocenters. The highest BCUT2D eigenvalue weighted by Gasteiger charge is 2.28. The molecule has 0 fully saturated rings. The van der Waals surface area contributed by atoms with Gasteiger partial charge in [0.15, 0.2) is 0 Å². The second-order valence-electron chi connectivity index (χ2n) is 7.74. The maximum absolute atomic E-state index is 12.1. The van der Waals surface area contributed by atoms with E-state index in [-0.39, 0.29) is 37.8 Å². The molecule has 3 aromatic carbocycles. The Morgan fingerprint density at radius 3 is 2.24 bits per heavy atom. The first-order valence-electron chi connectivity index (χ1n) is 10.8. The molecule has 4 rings (SSSR count). The lowest BCUT2D eigenvalue weighted by molar-refractivity contribution is -0.120. The third-order valence-corrected chi connectivity index (χ3v) is 5.49. The smallest absolute Gasteiger partial charge is 0.407 e. The molecule has 0 heterocycles. The maximum atomic E-state index is 12.1. The number of benzene rings is 3. The zero-order valence-corrected chi connectivity index (χ0v) is 18.3. The fraction of sp³-hybridized carbons (Fsp3) is 0.192. The monoisotopic (exact) mass is 460 g/mol. The lowest BCUT2D eigenvalue weighted by Gasteiger charge is -2.14. The van der Waals surface area contributed by atoms with Crippen LogP contribution in [0.2, 0.25) is 0 Å². The number of ether oxygens (including phenoxy) is 2. The zero-order valence-electron chi connectivity index (χ0n) is 18.3. The molecule has 8 heteroatoms. The highest BCUT2D eigenvalue weighted by atomic mass is 16.5. The Morgan fingerprint density at radius 2 is 1.56 bits per heavy atom. The highest BCUT2D eigenvalue weighted by molar-refractivity contribution is 5.94. The summed E-state index contributed by atoms with van der Waals surface area (Å²) in [6.45, 7) is 0.285. The minimum absolute atomic E-state index is 0.0160. The van der Waals surface area contributed by atoms with E-state index in [1.54, 1.807) is 6.07 Å². The Balaban J connectivity index is 1.17. The van der Waals surface area contributed by atoms with Crippen molar-refractivity contribution in [2.24, 2.45) is 0 Å². The molecule has 0 saturated carbocycles. The molecule has 0 spiro atoms. The summed E-state index contributed by atoms with van der Waals surface area (Å²) in [5.74, 6) is -1.52. The average Bonchev–Trinajstić information content (AvgIpc) is 3.16. The topological polar surface area (TPSA) is 114 Å². The van der Waals surface area contributed by atoms with E-state index >= 15 is 0 Å². The molecule has 0 aromatic heterocycles. The van der Waals surface area contributed by atoms with Crippen LogP contribution in [0.3, 0.4) is 0 Å². The molecule has 174 valence electrons. The van der Waals surface area contributed by atoms with Crippen molar-refractivity contribution in [2.75, 3.05) is 31.7 Å². The van der Waals surface area contributed by atoms with E-state index in [4.69, 9.17) is 14.6 Å². The quantitative estimate of drug-likeness (QED) is 0.418. The molecule has 0 bridgehead atoms. The first-order chi connectivity index (χ1) is 16.5. The van der Waals surface area contributed by atoms with Crippen LogP contribution in [0.1, 0.15) is 27.4 Å². The van der Waals surface area contributed by atoms with Gasteiger partial charge >= 0.3 is 12.1 Å². The number of rotatable bonds is 9. The first kappa shape index (κ1) is 23.0. The number of alkyl carbamates (subject to hydrolysis) is 1. The van der Waals surface area contributed by atoms with Gasteiger partial charge in [0.05, 0.1) is 12.2 Å². The SMILES string of the molecule is O=C(COCCNC(=O)OCC1c2ccccc2-c2ccccc21)Nc1cccc(C(=O)O)c1. The average molecular weight is 460 g/mol. The van der Waals surface area contributed by atoms with Gasteiger partial charge in [0.2, 0.25) is 5.91 Å². The van der Waals surface area contributed by atoms with Gasteiger partial charge in [0.25, 0.3) is 0 Å². The van der Waals surface area contributed by atoms with Crippen molar-refractivity contribution in [3.63, 3.8) is 0 Å². The van der Waals surface area contributed by atoms with Gasteiger partial charge < -0.3 is 25.2 Å². The Hall–Kier alpha value is -4.17. The molecule has 0 aliphatic heterocycles. The van der Waals surface area contributed by atoms with Crippen LogP contribution in [0, 0.1) is 0 Å². The number of aromatic carboxylic acids is 1. The zero-order chi connectivity index (χ0) is 23.9. The van der Waals surface area contributed by atoms with Crippen LogP contribution in [-0.4, -0.2) is 49.4 Å². The largest absolute Gasteiger partial charge is 0.478 e. The van der Waals surface area contributed by atoms with Gasteiger partial charge in [-0.1, -0.05) is 54.6 Å². The van der Waals surface area contributed by atoms with Crippen molar-refractivity contribution in [2.45, 2.75) is 5.92 Å². The molecule has 1 aliphatic carbocycles. The molecule has 3 N–H and O–H groups in total. The second-order valence-corrected chi connectivity index (χ2v) is 7.74. The molecule has 0 radical (unpaired) electrons. The molecular weight excluding hydrogens is 436 g/mol. The van der Waals surface area contributed by atoms with Crippen LogP contribution in [0.5, 0.6) is 0 Å². The van der Waals surface area contributed by atoms with Crippen molar-refractivity contribution in [1.29, 1.82) is 0 Å². The summed E-state index contributed by atoms with van der Waals surface area (Å²) in [5.41, 5.74) is 5.04. The molecule has 34 heavy (non-hydrogen) atoms. The van der Waals surface area contributed by atoms with Gasteiger partial charge in [-0.3, -0.25) is 4.79 Å². The number of carboxylic acid groups (broad SMARTS) is 1. The van der Waals surface area contributed by atoms with Crippen molar-refractivity contribution in [3.8, 4) is 11.1 Å². The number of hydrogen-bond acceptors (Lipinski definition) is 5. The number of carboxylic acids is 1. The normalized spacial score (nSPS) is 11.9. The molecule has 0 saturated heterocycles. The van der Waals surface area contributed by atoms with Crippen LogP contribution in [0.25, 0.3) is 11.1 Å². The molecule has 1 aliphatic rings. The third kappa shape index (κ3) is 5.41. The number of fused-ring (bicyclic) bond motifs is 3. The van der Waals surface area contributed by atoms with Gasteiger partial charge in [-0.05, 0) is 40.5 Å². The minimum atomic E-state index is -1.08. The van der Waals surface area contributed by atoms with Crippen LogP contribution >= 0.6 is 0 Å². The molecule has 3 aromatic rings. The van der Waals surface area contributed by atoms with E-state index in [9.17, 15) is 14.4 Å². The number of anilines is 1. The van der Waals surface area contributed by atoms with E-state index in [1.165, 1.54) is 18.2 Å². The Bertz CT molecular complexity index is 1160. The summed E-state index contributed by atoms with van der Waals surface area (Å²) in [5, 5.41) is 14.2. The number of carbonyl (C=O) groups excluding carboxylic acids is 2. The molecule has 0 atom stereocenters. The standard InChI is InChI=1S/C26H24N2O6/c29-24(28-18-7-5-6-17(14-18)25(30)31)16-33-13-12-27-26(32)34-15-23-21-10-3-1-8-19(21)20-9-2-4-11-22(20)23/h1-11,14,23H,12-13,15-16H2,(H,27,32)(H,28,29)(H,30,31). The second kappa shape index (κ2) is 10.6. The summed E-state index contributed by atoms with van der Waals surface area (Å²) in [6.07, 6.45) is -0.555. The van der Waals surface area contributed by atoms with E-state index in [0.717, 1.165) is 22.3 Å². The van der Waals surface area contributed by atoms with E-state index < -0.39 is 18.0 Å². The molecule has 8 nitrogen and oxygen atoms in total. The van der Waals surface area contributed by atoms with Crippen molar-refractivity contribution in [3.05, 3.63) is 89.5 Å². The van der Waals surface area contributed by atoms with E-state index in [2.05, 4.69) is 34.9 Å². The van der Waals surface area contributed by atoms with Crippen LogP contribution in [-0.2, 0) is 14.3 Å². The summed E-state index contributed by atoms with van der Waals surface area (Å²) >= 11 is 0. The predicted molar refractivity (Wildman–Crippen MR) is 126 cm³/mol. The van der Waals surface area contributed by atoms with Gasteiger partial charge in [-0.15, -0.1) is 0 Å². The van der Waals surface area contributed by atoms with Crippen molar-refractivity contribution < 1.29 is 29.0 Å². The van der Waals surface area contributed by atoms with Crippen LogP contribution in [0.4, 0.5) is 10.5 Å². The summed E-state index contributed by atoms with van der Waals surface area (Å²) in [4.78, 5) is 35.1. The fourth-order valence-electron chi connectivity index (χ4n) is 3.97. The number of amides is 2. The van der Waals surface area contributed by atoms with Crippen LogP contribution < -0.4 is 10.6 Å². The Kier molecular flexibility index (Phi) is 7.19. The Labute approximate surface area is 196 Å². The van der Waals surface area contributed by atoms with E-state index in [0.29, 0.717) is 5.69 Å².